The smallest absolute Gasteiger partial charge is 0.343 e. The Morgan fingerprint density at radius 1 is 1.40 bits per heavy atom. The van der Waals surface area contributed by atoms with Crippen molar-refractivity contribution in [2.75, 3.05) is 19.5 Å². The van der Waals surface area contributed by atoms with Gasteiger partial charge in [-0.05, 0) is 12.1 Å². The van der Waals surface area contributed by atoms with Gasteiger partial charge in [-0.25, -0.2) is 4.79 Å². The normalized spacial score (nSPS) is 10.2. The molecule has 0 amide bonds. The third-order valence-corrected chi connectivity index (χ3v) is 2.69. The summed E-state index contributed by atoms with van der Waals surface area (Å²) in [5.41, 5.74) is 1.33. The third kappa shape index (κ3) is 3.05. The second-order valence-corrected chi connectivity index (χ2v) is 4.12. The van der Waals surface area contributed by atoms with Crippen molar-refractivity contribution in [3.8, 4) is 5.88 Å². The minimum absolute atomic E-state index is 0.230. The van der Waals surface area contributed by atoms with E-state index < -0.39 is 5.97 Å². The van der Waals surface area contributed by atoms with Crippen LogP contribution < -0.4 is 10.1 Å². The molecule has 0 atom stereocenters. The Morgan fingerprint density at radius 2 is 2.20 bits per heavy atom. The van der Waals surface area contributed by atoms with Crippen LogP contribution in [-0.4, -0.2) is 35.0 Å². The Bertz CT molecular complexity index is 609. The number of methoxy groups -OCH3 is 2. The molecule has 0 fully saturated rings. The van der Waals surface area contributed by atoms with Crippen LogP contribution in [0.3, 0.4) is 0 Å². The zero-order valence-corrected chi connectivity index (χ0v) is 11.6. The zero-order chi connectivity index (χ0) is 14.5. The number of rotatable bonds is 5. The van der Waals surface area contributed by atoms with E-state index in [2.05, 4.69) is 20.1 Å². The Balaban J connectivity index is 2.11. The van der Waals surface area contributed by atoms with Crippen LogP contribution in [0.2, 0.25) is 0 Å². The topological polar surface area (TPSA) is 78.3 Å². The molecule has 1 N–H and O–H groups in total. The Morgan fingerprint density at radius 3 is 2.80 bits per heavy atom. The van der Waals surface area contributed by atoms with Crippen LogP contribution in [0, 0.1) is 0 Å². The number of anilines is 1. The number of nitrogens with zero attached hydrogens (tertiary/aromatic N) is 3. The van der Waals surface area contributed by atoms with Crippen molar-refractivity contribution in [1.29, 1.82) is 0 Å². The van der Waals surface area contributed by atoms with Crippen LogP contribution in [0.1, 0.15) is 15.9 Å². The van der Waals surface area contributed by atoms with Crippen LogP contribution in [-0.2, 0) is 18.3 Å². The Kier molecular flexibility index (Phi) is 4.19. The van der Waals surface area contributed by atoms with Gasteiger partial charge in [0.2, 0.25) is 5.88 Å². The Hall–Kier alpha value is -2.57. The van der Waals surface area contributed by atoms with Gasteiger partial charge in [0.25, 0.3) is 0 Å². The molecule has 0 aliphatic rings. The number of aryl methyl sites for hydroxylation is 1. The highest BCUT2D eigenvalue weighted by atomic mass is 16.5. The van der Waals surface area contributed by atoms with E-state index >= 15 is 0 Å². The maximum atomic E-state index is 11.5. The van der Waals surface area contributed by atoms with Crippen molar-refractivity contribution in [3.63, 3.8) is 0 Å². The number of ether oxygens (including phenoxy) is 2. The standard InChI is InChI=1S/C13H16N4O3/c1-17-8-9(7-15-17)6-14-11-5-4-10(13(18)20-3)12(16-11)19-2/h4-5,7-8H,6H2,1-3H3,(H,14,16). The monoisotopic (exact) mass is 276 g/mol. The lowest BCUT2D eigenvalue weighted by Crippen LogP contribution is -2.08. The van der Waals surface area contributed by atoms with Gasteiger partial charge in [-0.15, -0.1) is 0 Å². The molecule has 7 nitrogen and oxygen atoms in total. The summed E-state index contributed by atoms with van der Waals surface area (Å²) in [5, 5.41) is 7.22. The summed E-state index contributed by atoms with van der Waals surface area (Å²) in [4.78, 5) is 15.7. The molecule has 7 heteroatoms. The molecular weight excluding hydrogens is 260 g/mol. The fourth-order valence-corrected chi connectivity index (χ4v) is 1.72. The molecule has 0 bridgehead atoms. The number of nitrogens with one attached hydrogen (secondary N) is 1. The molecule has 0 aliphatic carbocycles. The SMILES string of the molecule is COC(=O)c1ccc(NCc2cnn(C)c2)nc1OC. The van der Waals surface area contributed by atoms with Gasteiger partial charge in [0.15, 0.2) is 0 Å². The number of carbonyl (C=O) groups excluding carboxylic acids is 1. The van der Waals surface area contributed by atoms with E-state index in [1.807, 2.05) is 13.2 Å². The number of hydrogen-bond donors (Lipinski definition) is 1. The third-order valence-electron chi connectivity index (χ3n) is 2.69. The Labute approximate surface area is 116 Å². The largest absolute Gasteiger partial charge is 0.480 e. The highest BCUT2D eigenvalue weighted by Crippen LogP contribution is 2.19. The van der Waals surface area contributed by atoms with E-state index in [1.165, 1.54) is 14.2 Å². The summed E-state index contributed by atoms with van der Waals surface area (Å²) in [6.45, 7) is 0.585. The number of aromatic nitrogens is 3. The van der Waals surface area contributed by atoms with Crippen LogP contribution in [0.5, 0.6) is 5.88 Å². The summed E-state index contributed by atoms with van der Waals surface area (Å²) in [7, 11) is 4.63. The number of hydrogen-bond acceptors (Lipinski definition) is 6. The van der Waals surface area contributed by atoms with E-state index in [0.29, 0.717) is 17.9 Å². The van der Waals surface area contributed by atoms with E-state index in [1.54, 1.807) is 23.0 Å². The molecule has 2 aromatic heterocycles. The number of carbonyl (C=O) groups is 1. The first-order valence-corrected chi connectivity index (χ1v) is 5.98. The average molecular weight is 276 g/mol. The zero-order valence-electron chi connectivity index (χ0n) is 11.6. The lowest BCUT2D eigenvalue weighted by atomic mass is 10.2. The lowest BCUT2D eigenvalue weighted by molar-refractivity contribution is 0.0596. The van der Waals surface area contributed by atoms with Crippen LogP contribution >= 0.6 is 0 Å². The summed E-state index contributed by atoms with van der Waals surface area (Å²) in [5.74, 6) is 0.361. The van der Waals surface area contributed by atoms with Crippen molar-refractivity contribution >= 4 is 11.8 Å². The van der Waals surface area contributed by atoms with Crippen molar-refractivity contribution in [1.82, 2.24) is 14.8 Å². The minimum Gasteiger partial charge on any atom is -0.480 e. The fourth-order valence-electron chi connectivity index (χ4n) is 1.72. The van der Waals surface area contributed by atoms with Crippen molar-refractivity contribution in [3.05, 3.63) is 35.7 Å². The summed E-state index contributed by atoms with van der Waals surface area (Å²) < 4.78 is 11.5. The summed E-state index contributed by atoms with van der Waals surface area (Å²) in [6, 6.07) is 3.31. The summed E-state index contributed by atoms with van der Waals surface area (Å²) >= 11 is 0. The average Bonchev–Trinajstić information content (AvgIpc) is 2.89. The molecule has 0 radical (unpaired) electrons. The second-order valence-electron chi connectivity index (χ2n) is 4.12. The molecule has 0 aliphatic heterocycles. The molecule has 0 unspecified atom stereocenters. The van der Waals surface area contributed by atoms with E-state index in [4.69, 9.17) is 4.74 Å². The van der Waals surface area contributed by atoms with Gasteiger partial charge in [-0.1, -0.05) is 0 Å². The van der Waals surface area contributed by atoms with Gasteiger partial charge < -0.3 is 14.8 Å². The molecule has 2 aromatic rings. The predicted octanol–water partition coefficient (Wildman–Crippen LogP) is 1.22. The molecule has 0 saturated carbocycles. The maximum absolute atomic E-state index is 11.5. The number of esters is 1. The first-order valence-electron chi connectivity index (χ1n) is 5.98. The first kappa shape index (κ1) is 13.9. The first-order chi connectivity index (χ1) is 9.63. The highest BCUT2D eigenvalue weighted by Gasteiger charge is 2.14. The molecule has 20 heavy (non-hydrogen) atoms. The van der Waals surface area contributed by atoms with Crippen LogP contribution in [0.15, 0.2) is 24.5 Å². The molecule has 2 heterocycles. The van der Waals surface area contributed by atoms with Gasteiger partial charge in [0.1, 0.15) is 11.4 Å². The minimum atomic E-state index is -0.479. The number of pyridine rings is 1. The van der Waals surface area contributed by atoms with Crippen molar-refractivity contribution < 1.29 is 14.3 Å². The van der Waals surface area contributed by atoms with Crippen LogP contribution in [0.4, 0.5) is 5.82 Å². The van der Waals surface area contributed by atoms with E-state index in [-0.39, 0.29) is 5.88 Å². The maximum Gasteiger partial charge on any atom is 0.343 e. The second kappa shape index (κ2) is 6.05. The van der Waals surface area contributed by atoms with Crippen molar-refractivity contribution in [2.45, 2.75) is 6.54 Å². The molecule has 106 valence electrons. The highest BCUT2D eigenvalue weighted by molar-refractivity contribution is 5.92. The van der Waals surface area contributed by atoms with Crippen molar-refractivity contribution in [2.24, 2.45) is 7.05 Å². The fraction of sp³-hybridized carbons (Fsp3) is 0.308. The molecule has 0 spiro atoms. The molecule has 0 saturated heterocycles. The van der Waals surface area contributed by atoms with Crippen LogP contribution in [0.25, 0.3) is 0 Å². The molecular formula is C13H16N4O3. The predicted molar refractivity (Wildman–Crippen MR) is 72.7 cm³/mol. The van der Waals surface area contributed by atoms with E-state index in [0.717, 1.165) is 5.56 Å². The van der Waals surface area contributed by atoms with Gasteiger partial charge in [0, 0.05) is 25.4 Å². The molecule has 0 aromatic carbocycles. The van der Waals surface area contributed by atoms with Gasteiger partial charge in [0.05, 0.1) is 20.4 Å². The summed E-state index contributed by atoms with van der Waals surface area (Å²) in [6.07, 6.45) is 3.68. The van der Waals surface area contributed by atoms with Gasteiger partial charge in [-0.2, -0.15) is 10.1 Å². The van der Waals surface area contributed by atoms with E-state index in [9.17, 15) is 4.79 Å². The molecule has 2 rings (SSSR count). The lowest BCUT2D eigenvalue weighted by Gasteiger charge is -2.09. The van der Waals surface area contributed by atoms with Gasteiger partial charge in [-0.3, -0.25) is 4.68 Å². The van der Waals surface area contributed by atoms with Gasteiger partial charge >= 0.3 is 5.97 Å². The quantitative estimate of drug-likeness (QED) is 0.827.